The van der Waals surface area contributed by atoms with Crippen LogP contribution in [0.4, 0.5) is 10.1 Å². The summed E-state index contributed by atoms with van der Waals surface area (Å²) in [6.07, 6.45) is 0. The van der Waals surface area contributed by atoms with E-state index in [9.17, 15) is 4.39 Å². The van der Waals surface area contributed by atoms with Crippen molar-refractivity contribution in [1.29, 1.82) is 5.41 Å². The standard InChI is InChI=1S/C16H15FN2/c1-10-4-3-5-15(11(10)2)19-9-12-6-7-13(17)8-14(12)16(19)18/h3-8,18H,9H2,1-2H3. The average molecular weight is 254 g/mol. The van der Waals surface area contributed by atoms with E-state index in [4.69, 9.17) is 5.41 Å². The van der Waals surface area contributed by atoms with Gasteiger partial charge in [-0.25, -0.2) is 4.39 Å². The fourth-order valence-corrected chi connectivity index (χ4v) is 2.54. The monoisotopic (exact) mass is 254 g/mol. The summed E-state index contributed by atoms with van der Waals surface area (Å²) < 4.78 is 13.3. The number of nitrogens with zero attached hydrogens (tertiary/aromatic N) is 1. The minimum Gasteiger partial charge on any atom is -0.322 e. The maximum atomic E-state index is 13.3. The van der Waals surface area contributed by atoms with Crippen LogP contribution >= 0.6 is 0 Å². The fraction of sp³-hybridized carbons (Fsp3) is 0.188. The van der Waals surface area contributed by atoms with Gasteiger partial charge in [-0.2, -0.15) is 0 Å². The first-order valence-corrected chi connectivity index (χ1v) is 6.29. The molecule has 1 aliphatic rings. The lowest BCUT2D eigenvalue weighted by Crippen LogP contribution is -2.24. The first-order chi connectivity index (χ1) is 9.08. The number of benzene rings is 2. The van der Waals surface area contributed by atoms with E-state index < -0.39 is 0 Å². The molecule has 0 radical (unpaired) electrons. The molecule has 1 N–H and O–H groups in total. The molecular formula is C16H15FN2. The molecule has 96 valence electrons. The SMILES string of the molecule is Cc1cccc(N2Cc3ccc(F)cc3C2=N)c1C. The molecule has 0 spiro atoms. The van der Waals surface area contributed by atoms with Gasteiger partial charge < -0.3 is 4.90 Å². The van der Waals surface area contributed by atoms with Crippen LogP contribution in [0.15, 0.2) is 36.4 Å². The van der Waals surface area contributed by atoms with E-state index in [1.54, 1.807) is 6.07 Å². The van der Waals surface area contributed by atoms with Crippen LogP contribution in [0.3, 0.4) is 0 Å². The minimum atomic E-state index is -0.286. The number of rotatable bonds is 1. The molecule has 0 saturated carbocycles. The molecule has 0 fully saturated rings. The summed E-state index contributed by atoms with van der Waals surface area (Å²) >= 11 is 0. The molecule has 0 bridgehead atoms. The Labute approximate surface area is 112 Å². The van der Waals surface area contributed by atoms with E-state index in [2.05, 4.69) is 19.9 Å². The van der Waals surface area contributed by atoms with Gasteiger partial charge in [0.2, 0.25) is 0 Å². The number of nitrogens with one attached hydrogen (secondary N) is 1. The van der Waals surface area contributed by atoms with Crippen molar-refractivity contribution >= 4 is 11.5 Å². The van der Waals surface area contributed by atoms with Gasteiger partial charge in [-0.15, -0.1) is 0 Å². The number of amidine groups is 1. The lowest BCUT2D eigenvalue weighted by Gasteiger charge is -2.21. The van der Waals surface area contributed by atoms with Crippen LogP contribution in [-0.4, -0.2) is 5.84 Å². The Morgan fingerprint density at radius 3 is 2.74 bits per heavy atom. The largest absolute Gasteiger partial charge is 0.322 e. The third kappa shape index (κ3) is 1.82. The highest BCUT2D eigenvalue weighted by Gasteiger charge is 2.26. The van der Waals surface area contributed by atoms with Crippen molar-refractivity contribution in [2.75, 3.05) is 4.90 Å². The maximum Gasteiger partial charge on any atom is 0.133 e. The van der Waals surface area contributed by atoms with Crippen LogP contribution in [0.1, 0.15) is 22.3 Å². The molecule has 0 atom stereocenters. The Bertz CT molecular complexity index is 676. The summed E-state index contributed by atoms with van der Waals surface area (Å²) in [6, 6.07) is 10.7. The molecule has 2 aromatic rings. The highest BCUT2D eigenvalue weighted by Crippen LogP contribution is 2.31. The van der Waals surface area contributed by atoms with Gasteiger partial charge in [-0.05, 0) is 48.7 Å². The van der Waals surface area contributed by atoms with Crippen molar-refractivity contribution in [2.45, 2.75) is 20.4 Å². The summed E-state index contributed by atoms with van der Waals surface area (Å²) in [5.74, 6) is 0.0921. The summed E-state index contributed by atoms with van der Waals surface area (Å²) in [4.78, 5) is 1.94. The summed E-state index contributed by atoms with van der Waals surface area (Å²) in [5.41, 5.74) is 5.10. The second-order valence-electron chi connectivity index (χ2n) is 4.96. The van der Waals surface area contributed by atoms with Gasteiger partial charge in [0.15, 0.2) is 0 Å². The van der Waals surface area contributed by atoms with E-state index in [0.717, 1.165) is 11.3 Å². The van der Waals surface area contributed by atoms with Crippen molar-refractivity contribution in [3.05, 3.63) is 64.5 Å². The zero-order chi connectivity index (χ0) is 13.6. The van der Waals surface area contributed by atoms with E-state index in [0.29, 0.717) is 17.9 Å². The Kier molecular flexibility index (Phi) is 2.63. The van der Waals surface area contributed by atoms with Crippen molar-refractivity contribution in [3.8, 4) is 0 Å². The normalized spacial score (nSPS) is 13.8. The molecular weight excluding hydrogens is 239 g/mol. The van der Waals surface area contributed by atoms with Crippen molar-refractivity contribution in [3.63, 3.8) is 0 Å². The van der Waals surface area contributed by atoms with Crippen molar-refractivity contribution in [2.24, 2.45) is 0 Å². The molecule has 2 nitrogen and oxygen atoms in total. The molecule has 3 heteroatoms. The number of halogens is 1. The summed E-state index contributed by atoms with van der Waals surface area (Å²) in [5, 5.41) is 8.25. The van der Waals surface area contributed by atoms with Crippen LogP contribution in [0.5, 0.6) is 0 Å². The predicted octanol–water partition coefficient (Wildman–Crippen LogP) is 3.79. The van der Waals surface area contributed by atoms with Gasteiger partial charge >= 0.3 is 0 Å². The number of aryl methyl sites for hydroxylation is 1. The Hall–Kier alpha value is -2.16. The number of fused-ring (bicyclic) bond motifs is 1. The maximum absolute atomic E-state index is 13.3. The van der Waals surface area contributed by atoms with Crippen LogP contribution in [0, 0.1) is 25.1 Å². The van der Waals surface area contributed by atoms with Gasteiger partial charge in [-0.3, -0.25) is 5.41 Å². The van der Waals surface area contributed by atoms with Crippen molar-refractivity contribution < 1.29 is 4.39 Å². The first-order valence-electron chi connectivity index (χ1n) is 6.29. The van der Waals surface area contributed by atoms with E-state index >= 15 is 0 Å². The van der Waals surface area contributed by atoms with Crippen LogP contribution in [0.2, 0.25) is 0 Å². The second kappa shape index (κ2) is 4.19. The van der Waals surface area contributed by atoms with Gasteiger partial charge in [0, 0.05) is 11.3 Å². The first kappa shape index (κ1) is 11.9. The zero-order valence-electron chi connectivity index (χ0n) is 11.0. The molecule has 0 aromatic heterocycles. The minimum absolute atomic E-state index is 0.286. The van der Waals surface area contributed by atoms with Crippen LogP contribution in [-0.2, 0) is 6.54 Å². The number of hydrogen-bond donors (Lipinski definition) is 1. The van der Waals surface area contributed by atoms with Crippen LogP contribution in [0.25, 0.3) is 0 Å². The molecule has 1 aliphatic heterocycles. The van der Waals surface area contributed by atoms with Gasteiger partial charge in [-0.1, -0.05) is 18.2 Å². The van der Waals surface area contributed by atoms with E-state index in [1.165, 1.54) is 23.3 Å². The molecule has 0 amide bonds. The molecule has 2 aromatic carbocycles. The average Bonchev–Trinajstić information content (AvgIpc) is 2.70. The highest BCUT2D eigenvalue weighted by atomic mass is 19.1. The third-order valence-corrected chi connectivity index (χ3v) is 3.79. The topological polar surface area (TPSA) is 27.1 Å². The van der Waals surface area contributed by atoms with Crippen LogP contribution < -0.4 is 4.90 Å². The van der Waals surface area contributed by atoms with Crippen molar-refractivity contribution in [1.82, 2.24) is 0 Å². The molecule has 0 aliphatic carbocycles. The molecule has 1 heterocycles. The molecule has 0 saturated heterocycles. The molecule has 0 unspecified atom stereocenters. The quantitative estimate of drug-likeness (QED) is 0.823. The smallest absolute Gasteiger partial charge is 0.133 e. The van der Waals surface area contributed by atoms with Gasteiger partial charge in [0.05, 0.1) is 6.54 Å². The fourth-order valence-electron chi connectivity index (χ4n) is 2.54. The van der Waals surface area contributed by atoms with Gasteiger partial charge in [0.1, 0.15) is 11.7 Å². The lowest BCUT2D eigenvalue weighted by atomic mass is 10.1. The second-order valence-corrected chi connectivity index (χ2v) is 4.96. The van der Waals surface area contributed by atoms with E-state index in [1.807, 2.05) is 17.0 Å². The predicted molar refractivity (Wildman–Crippen MR) is 75.3 cm³/mol. The Morgan fingerprint density at radius 1 is 1.16 bits per heavy atom. The molecule has 19 heavy (non-hydrogen) atoms. The number of hydrogen-bond acceptors (Lipinski definition) is 1. The third-order valence-electron chi connectivity index (χ3n) is 3.79. The van der Waals surface area contributed by atoms with Gasteiger partial charge in [0.25, 0.3) is 0 Å². The highest BCUT2D eigenvalue weighted by molar-refractivity contribution is 6.12. The molecule has 3 rings (SSSR count). The lowest BCUT2D eigenvalue weighted by molar-refractivity contribution is 0.627. The Balaban J connectivity index is 2.07. The van der Waals surface area contributed by atoms with E-state index in [-0.39, 0.29) is 5.82 Å². The Morgan fingerprint density at radius 2 is 1.95 bits per heavy atom. The number of anilines is 1. The zero-order valence-corrected chi connectivity index (χ0v) is 11.0. The summed E-state index contributed by atoms with van der Waals surface area (Å²) in [7, 11) is 0. The summed E-state index contributed by atoms with van der Waals surface area (Å²) in [6.45, 7) is 4.76.